The summed E-state index contributed by atoms with van der Waals surface area (Å²) in [7, 11) is -3.70. The van der Waals surface area contributed by atoms with E-state index in [9.17, 15) is 18.0 Å². The van der Waals surface area contributed by atoms with E-state index in [1.807, 2.05) is 4.90 Å². The summed E-state index contributed by atoms with van der Waals surface area (Å²) in [5.74, 6) is -0.221. The molecule has 168 valence electrons. The lowest BCUT2D eigenvalue weighted by Crippen LogP contribution is -2.53. The van der Waals surface area contributed by atoms with Gasteiger partial charge in [-0.15, -0.1) is 0 Å². The maximum Gasteiger partial charge on any atom is 0.245 e. The van der Waals surface area contributed by atoms with E-state index in [2.05, 4.69) is 14.1 Å². The topological polar surface area (TPSA) is 113 Å². The highest BCUT2D eigenvalue weighted by Gasteiger charge is 2.33. The normalized spacial score (nSPS) is 16.7. The number of nitrogens with one attached hydrogen (secondary N) is 1. The Labute approximate surface area is 190 Å². The quantitative estimate of drug-likeness (QED) is 0.546. The molecule has 2 heterocycles. The minimum atomic E-state index is -3.70. The molecule has 1 saturated heterocycles. The highest BCUT2D eigenvalue weighted by molar-refractivity contribution is 7.89. The molecule has 2 aromatic carbocycles. The number of carbonyl (C=O) groups is 2. The van der Waals surface area contributed by atoms with E-state index >= 15 is 0 Å². The molecule has 1 aromatic heterocycles. The number of piperazine rings is 1. The van der Waals surface area contributed by atoms with Crippen LogP contribution in [0.4, 0.5) is 5.69 Å². The second-order valence-electron chi connectivity index (χ2n) is 7.63. The second-order valence-corrected chi connectivity index (χ2v) is 10.1. The van der Waals surface area contributed by atoms with Crippen molar-refractivity contribution < 1.29 is 18.0 Å². The molecule has 32 heavy (non-hydrogen) atoms. The Morgan fingerprint density at radius 3 is 2.38 bits per heavy atom. The van der Waals surface area contributed by atoms with E-state index in [1.54, 1.807) is 49.4 Å². The third-order valence-corrected chi connectivity index (χ3v) is 8.10. The number of anilines is 1. The van der Waals surface area contributed by atoms with Gasteiger partial charge in [0.15, 0.2) is 5.78 Å². The van der Waals surface area contributed by atoms with Gasteiger partial charge in [-0.05, 0) is 50.2 Å². The van der Waals surface area contributed by atoms with Gasteiger partial charge in [-0.2, -0.15) is 13.1 Å². The second kappa shape index (κ2) is 9.02. The molecule has 0 aliphatic carbocycles. The number of rotatable bonds is 6. The first-order chi connectivity index (χ1) is 15.3. The molecule has 9 nitrogen and oxygen atoms in total. The van der Waals surface area contributed by atoms with Gasteiger partial charge in [-0.25, -0.2) is 8.42 Å². The van der Waals surface area contributed by atoms with Gasteiger partial charge in [0.25, 0.3) is 0 Å². The number of nitrogens with zero attached hydrogens (tertiary/aromatic N) is 4. The van der Waals surface area contributed by atoms with E-state index in [1.165, 1.54) is 11.2 Å². The van der Waals surface area contributed by atoms with E-state index in [4.69, 9.17) is 0 Å². The zero-order valence-electron chi connectivity index (χ0n) is 17.7. The van der Waals surface area contributed by atoms with E-state index in [0.29, 0.717) is 35.4 Å². The lowest BCUT2D eigenvalue weighted by Gasteiger charge is -2.36. The molecule has 1 N–H and O–H groups in total. The van der Waals surface area contributed by atoms with Crippen LogP contribution in [0.5, 0.6) is 0 Å². The Morgan fingerprint density at radius 2 is 1.72 bits per heavy atom. The first kappa shape index (κ1) is 22.5. The van der Waals surface area contributed by atoms with Crippen molar-refractivity contribution in [1.82, 2.24) is 18.0 Å². The van der Waals surface area contributed by atoms with Crippen LogP contribution in [-0.4, -0.2) is 70.3 Å². The molecular weight excluding hydrogens is 450 g/mol. The molecular formula is C21H23N5O4S2. The van der Waals surface area contributed by atoms with Gasteiger partial charge in [0.05, 0.1) is 17.8 Å². The van der Waals surface area contributed by atoms with Crippen molar-refractivity contribution in [3.8, 4) is 0 Å². The van der Waals surface area contributed by atoms with Gasteiger partial charge in [0.2, 0.25) is 15.9 Å². The van der Waals surface area contributed by atoms with Crippen LogP contribution >= 0.6 is 11.7 Å². The van der Waals surface area contributed by atoms with E-state index in [0.717, 1.165) is 11.7 Å². The molecule has 0 bridgehead atoms. The van der Waals surface area contributed by atoms with Gasteiger partial charge < -0.3 is 5.32 Å². The van der Waals surface area contributed by atoms with Gasteiger partial charge >= 0.3 is 0 Å². The summed E-state index contributed by atoms with van der Waals surface area (Å²) in [5, 5.41) is 2.85. The predicted molar refractivity (Wildman–Crippen MR) is 122 cm³/mol. The summed E-state index contributed by atoms with van der Waals surface area (Å²) in [6.45, 7) is 4.71. The molecule has 3 aromatic rings. The number of aromatic nitrogens is 2. The van der Waals surface area contributed by atoms with Gasteiger partial charge in [-0.1, -0.05) is 6.07 Å². The van der Waals surface area contributed by atoms with Crippen molar-refractivity contribution in [3.05, 3.63) is 48.0 Å². The van der Waals surface area contributed by atoms with Gasteiger partial charge in [-0.3, -0.25) is 14.5 Å². The van der Waals surface area contributed by atoms with Crippen molar-refractivity contribution in [2.45, 2.75) is 24.8 Å². The Bertz CT molecular complexity index is 1250. The Kier molecular flexibility index (Phi) is 6.33. The maximum absolute atomic E-state index is 13.2. The number of sulfonamides is 1. The molecule has 11 heteroatoms. The maximum atomic E-state index is 13.2. The first-order valence-electron chi connectivity index (χ1n) is 10.1. The summed E-state index contributed by atoms with van der Waals surface area (Å²) >= 11 is 0.988. The zero-order valence-corrected chi connectivity index (χ0v) is 19.3. The van der Waals surface area contributed by atoms with Crippen molar-refractivity contribution >= 4 is 50.2 Å². The number of hydrogen-bond donors (Lipinski definition) is 1. The van der Waals surface area contributed by atoms with E-state index < -0.39 is 16.1 Å². The average Bonchev–Trinajstić information content (AvgIpc) is 3.28. The third-order valence-electron chi connectivity index (χ3n) is 5.63. The summed E-state index contributed by atoms with van der Waals surface area (Å²) in [4.78, 5) is 26.2. The lowest BCUT2D eigenvalue weighted by molar-refractivity contribution is -0.121. The first-order valence-corrected chi connectivity index (χ1v) is 12.3. The molecule has 0 radical (unpaired) electrons. The summed E-state index contributed by atoms with van der Waals surface area (Å²) in [5.41, 5.74) is 2.15. The molecule has 1 aliphatic heterocycles. The number of amides is 1. The number of benzene rings is 2. The Morgan fingerprint density at radius 1 is 1.03 bits per heavy atom. The van der Waals surface area contributed by atoms with Gasteiger partial charge in [0, 0.05) is 37.4 Å². The Balaban J connectivity index is 1.39. The number of Topliss-reactive ketones (excluding diaryl/α,β-unsaturated/α-hetero) is 1. The van der Waals surface area contributed by atoms with Crippen LogP contribution in [0.15, 0.2) is 47.4 Å². The fourth-order valence-electron chi connectivity index (χ4n) is 3.66. The number of fused-ring (bicyclic) bond motifs is 1. The SMILES string of the molecule is CC(=O)c1ccc(NC(=O)C(C)N2CCN(S(=O)(=O)c3cccc4nsnc34)CC2)cc1. The highest BCUT2D eigenvalue weighted by atomic mass is 32.2. The van der Waals surface area contributed by atoms with Crippen LogP contribution in [0.3, 0.4) is 0 Å². The summed E-state index contributed by atoms with van der Waals surface area (Å²) < 4.78 is 36.0. The minimum absolute atomic E-state index is 0.0358. The lowest BCUT2D eigenvalue weighted by atomic mass is 10.1. The summed E-state index contributed by atoms with van der Waals surface area (Å²) in [6.07, 6.45) is 0. The largest absolute Gasteiger partial charge is 0.325 e. The third kappa shape index (κ3) is 4.42. The molecule has 1 amide bonds. The van der Waals surface area contributed by atoms with Crippen LogP contribution in [0.1, 0.15) is 24.2 Å². The zero-order chi connectivity index (χ0) is 22.9. The molecule has 1 atom stereocenters. The van der Waals surface area contributed by atoms with Crippen LogP contribution in [0, 0.1) is 0 Å². The molecule has 0 saturated carbocycles. The smallest absolute Gasteiger partial charge is 0.245 e. The molecule has 1 unspecified atom stereocenters. The van der Waals surface area contributed by atoms with Crippen molar-refractivity contribution in [2.24, 2.45) is 0 Å². The monoisotopic (exact) mass is 473 g/mol. The molecule has 1 aliphatic rings. The van der Waals surface area contributed by atoms with Crippen molar-refractivity contribution in [2.75, 3.05) is 31.5 Å². The van der Waals surface area contributed by atoms with E-state index in [-0.39, 0.29) is 29.7 Å². The van der Waals surface area contributed by atoms with Crippen molar-refractivity contribution in [3.63, 3.8) is 0 Å². The van der Waals surface area contributed by atoms with Crippen LogP contribution in [0.25, 0.3) is 11.0 Å². The highest BCUT2D eigenvalue weighted by Crippen LogP contribution is 2.25. The Hall–Kier alpha value is -2.73. The number of carbonyl (C=O) groups excluding carboxylic acids is 2. The van der Waals surface area contributed by atoms with Crippen LogP contribution < -0.4 is 5.32 Å². The fourth-order valence-corrected chi connectivity index (χ4v) is 5.84. The van der Waals surface area contributed by atoms with Crippen LogP contribution in [-0.2, 0) is 14.8 Å². The molecule has 4 rings (SSSR count). The number of hydrogen-bond acceptors (Lipinski definition) is 8. The van der Waals surface area contributed by atoms with Crippen LogP contribution in [0.2, 0.25) is 0 Å². The molecule has 1 fully saturated rings. The summed E-state index contributed by atoms with van der Waals surface area (Å²) in [6, 6.07) is 11.3. The number of ketones is 1. The van der Waals surface area contributed by atoms with Gasteiger partial charge in [0.1, 0.15) is 15.9 Å². The fraction of sp³-hybridized carbons (Fsp3) is 0.333. The molecule has 0 spiro atoms. The van der Waals surface area contributed by atoms with Crippen molar-refractivity contribution in [1.29, 1.82) is 0 Å². The standard InChI is InChI=1S/C21H23N5O4S2/c1-14(21(28)22-17-8-6-16(7-9-17)15(2)27)25-10-12-26(13-11-25)32(29,30)19-5-3-4-18-20(19)24-31-23-18/h3-9,14H,10-13H2,1-2H3,(H,22,28). The minimum Gasteiger partial charge on any atom is -0.325 e. The predicted octanol–water partition coefficient (Wildman–Crippen LogP) is 2.23. The average molecular weight is 474 g/mol.